The predicted octanol–water partition coefficient (Wildman–Crippen LogP) is 5.03. The van der Waals surface area contributed by atoms with E-state index < -0.39 is 0 Å². The molecule has 0 unspecified atom stereocenters. The third kappa shape index (κ3) is 5.82. The van der Waals surface area contributed by atoms with Crippen LogP contribution >= 0.6 is 0 Å². The highest BCUT2D eigenvalue weighted by Gasteiger charge is 2.10. The molecular weight excluding hydrogens is 208 g/mol. The molecule has 0 aromatic heterocycles. The van der Waals surface area contributed by atoms with Gasteiger partial charge in [-0.25, -0.2) is 0 Å². The summed E-state index contributed by atoms with van der Waals surface area (Å²) in [5.74, 6) is 4.93. The molecule has 1 fully saturated rings. The Bertz CT molecular complexity index is 293. The van der Waals surface area contributed by atoms with Crippen LogP contribution in [0.3, 0.4) is 0 Å². The van der Waals surface area contributed by atoms with E-state index in [1.54, 1.807) is 0 Å². The molecule has 0 amide bonds. The van der Waals surface area contributed by atoms with E-state index in [-0.39, 0.29) is 0 Å². The number of unbranched alkanes of at least 4 members (excludes halogenated alkanes) is 1. The molecule has 0 aromatic carbocycles. The minimum absolute atomic E-state index is 0.577. The molecule has 96 valence electrons. The number of hydrogen-bond acceptors (Lipinski definition) is 1. The summed E-state index contributed by atoms with van der Waals surface area (Å²) in [6.07, 6.45) is 12.9. The number of ether oxygens (including phenoxy) is 1. The zero-order valence-corrected chi connectivity index (χ0v) is 11.6. The van der Waals surface area contributed by atoms with Crippen molar-refractivity contribution in [1.29, 1.82) is 0 Å². The van der Waals surface area contributed by atoms with Gasteiger partial charge < -0.3 is 4.74 Å². The van der Waals surface area contributed by atoms with E-state index >= 15 is 0 Å². The molecule has 0 aromatic rings. The molecule has 1 aliphatic rings. The van der Waals surface area contributed by atoms with Crippen molar-refractivity contribution in [2.24, 2.45) is 5.92 Å². The minimum atomic E-state index is 0.577. The van der Waals surface area contributed by atoms with Crippen molar-refractivity contribution < 1.29 is 4.74 Å². The summed E-state index contributed by atoms with van der Waals surface area (Å²) < 4.78 is 5.63. The van der Waals surface area contributed by atoms with Gasteiger partial charge in [-0.05, 0) is 38.7 Å². The molecule has 0 atom stereocenters. The Hall–Kier alpha value is -0.900. The summed E-state index contributed by atoms with van der Waals surface area (Å²) in [6.45, 7) is 6.41. The maximum atomic E-state index is 5.63. The molecule has 1 rings (SSSR count). The first-order chi connectivity index (χ1) is 8.24. The Morgan fingerprint density at radius 2 is 1.88 bits per heavy atom. The van der Waals surface area contributed by atoms with Crippen LogP contribution in [0, 0.1) is 17.9 Å². The summed E-state index contributed by atoms with van der Waals surface area (Å²) in [5.41, 5.74) is 1.26. The lowest BCUT2D eigenvalue weighted by molar-refractivity contribution is 0.349. The van der Waals surface area contributed by atoms with Crippen LogP contribution in [0.25, 0.3) is 0 Å². The molecule has 0 radical (unpaired) electrons. The lowest BCUT2D eigenvalue weighted by atomic mass is 9.90. The van der Waals surface area contributed by atoms with Gasteiger partial charge in [-0.15, -0.1) is 0 Å². The first-order valence-electron chi connectivity index (χ1n) is 7.07. The lowest BCUT2D eigenvalue weighted by Crippen LogP contribution is -2.03. The molecule has 0 spiro atoms. The average molecular weight is 234 g/mol. The average Bonchev–Trinajstić information content (AvgIpc) is 2.34. The summed E-state index contributed by atoms with van der Waals surface area (Å²) >= 11 is 0. The normalized spacial score (nSPS) is 15.9. The van der Waals surface area contributed by atoms with Crippen LogP contribution in [-0.4, -0.2) is 0 Å². The molecule has 0 bridgehead atoms. The van der Waals surface area contributed by atoms with E-state index in [1.165, 1.54) is 50.5 Å². The molecule has 0 N–H and O–H groups in total. The van der Waals surface area contributed by atoms with Crippen molar-refractivity contribution in [3.63, 3.8) is 0 Å². The van der Waals surface area contributed by atoms with E-state index in [9.17, 15) is 0 Å². The van der Waals surface area contributed by atoms with Crippen molar-refractivity contribution in [3.8, 4) is 12.0 Å². The summed E-state index contributed by atoms with van der Waals surface area (Å²) in [4.78, 5) is 0. The van der Waals surface area contributed by atoms with Gasteiger partial charge in [0.15, 0.2) is 0 Å². The van der Waals surface area contributed by atoms with Gasteiger partial charge in [-0.1, -0.05) is 38.5 Å². The largest absolute Gasteiger partial charge is 0.412 e. The van der Waals surface area contributed by atoms with Gasteiger partial charge in [-0.2, -0.15) is 0 Å². The standard InChI is InChI=1S/C16H26O/c1-4-5-11-16(14(2)3)17-13-12-15-9-7-6-8-10-15/h15H,4-11H2,1-3H3. The van der Waals surface area contributed by atoms with Crippen LogP contribution in [0.5, 0.6) is 0 Å². The molecule has 0 heterocycles. The van der Waals surface area contributed by atoms with E-state index in [2.05, 4.69) is 32.8 Å². The second-order valence-electron chi connectivity index (χ2n) is 5.21. The van der Waals surface area contributed by atoms with E-state index in [1.807, 2.05) is 0 Å². The maximum Gasteiger partial charge on any atom is 0.116 e. The van der Waals surface area contributed by atoms with Gasteiger partial charge >= 0.3 is 0 Å². The quantitative estimate of drug-likeness (QED) is 0.490. The van der Waals surface area contributed by atoms with Crippen LogP contribution < -0.4 is 0 Å². The molecule has 17 heavy (non-hydrogen) atoms. The van der Waals surface area contributed by atoms with Crippen LogP contribution in [-0.2, 0) is 4.74 Å². The Kier molecular flexibility index (Phi) is 6.86. The predicted molar refractivity (Wildman–Crippen MR) is 73.3 cm³/mol. The maximum absolute atomic E-state index is 5.63. The topological polar surface area (TPSA) is 9.23 Å². The smallest absolute Gasteiger partial charge is 0.116 e. The Balaban J connectivity index is 2.40. The second-order valence-corrected chi connectivity index (χ2v) is 5.21. The van der Waals surface area contributed by atoms with Crippen LogP contribution in [0.15, 0.2) is 11.3 Å². The number of allylic oxidation sites excluding steroid dienone is 2. The van der Waals surface area contributed by atoms with Gasteiger partial charge in [0.05, 0.1) is 0 Å². The Morgan fingerprint density at radius 3 is 2.47 bits per heavy atom. The molecule has 0 saturated heterocycles. The number of hydrogen-bond donors (Lipinski definition) is 0. The highest BCUT2D eigenvalue weighted by atomic mass is 16.5. The van der Waals surface area contributed by atoms with Crippen molar-refractivity contribution >= 4 is 0 Å². The van der Waals surface area contributed by atoms with Crippen molar-refractivity contribution in [2.45, 2.75) is 72.1 Å². The Morgan fingerprint density at radius 1 is 1.18 bits per heavy atom. The molecule has 1 aliphatic carbocycles. The zero-order valence-electron chi connectivity index (χ0n) is 11.6. The highest BCUT2D eigenvalue weighted by Crippen LogP contribution is 2.22. The second kappa shape index (κ2) is 8.23. The monoisotopic (exact) mass is 234 g/mol. The van der Waals surface area contributed by atoms with Gasteiger partial charge in [0, 0.05) is 12.3 Å². The van der Waals surface area contributed by atoms with Crippen molar-refractivity contribution in [3.05, 3.63) is 11.3 Å². The summed E-state index contributed by atoms with van der Waals surface area (Å²) in [6, 6.07) is 0. The highest BCUT2D eigenvalue weighted by molar-refractivity contribution is 5.08. The van der Waals surface area contributed by atoms with E-state index in [0.717, 1.165) is 12.2 Å². The first-order valence-corrected chi connectivity index (χ1v) is 7.07. The lowest BCUT2D eigenvalue weighted by Gasteiger charge is -2.15. The van der Waals surface area contributed by atoms with Crippen LogP contribution in [0.1, 0.15) is 72.1 Å². The van der Waals surface area contributed by atoms with E-state index in [4.69, 9.17) is 4.74 Å². The minimum Gasteiger partial charge on any atom is -0.412 e. The van der Waals surface area contributed by atoms with Gasteiger partial charge in [0.2, 0.25) is 0 Å². The molecule has 1 nitrogen and oxygen atoms in total. The molecule has 0 aliphatic heterocycles. The summed E-state index contributed by atoms with van der Waals surface area (Å²) in [7, 11) is 0. The zero-order chi connectivity index (χ0) is 12.5. The van der Waals surface area contributed by atoms with Gasteiger partial charge in [-0.3, -0.25) is 0 Å². The van der Waals surface area contributed by atoms with Gasteiger partial charge in [0.25, 0.3) is 0 Å². The van der Waals surface area contributed by atoms with Gasteiger partial charge in [0.1, 0.15) is 11.9 Å². The molecular formula is C16H26O. The van der Waals surface area contributed by atoms with E-state index in [0.29, 0.717) is 5.92 Å². The third-order valence-electron chi connectivity index (χ3n) is 3.36. The first kappa shape index (κ1) is 14.2. The summed E-state index contributed by atoms with van der Waals surface area (Å²) in [5, 5.41) is 0. The fourth-order valence-corrected chi connectivity index (χ4v) is 2.16. The Labute approximate surface area is 107 Å². The number of rotatable bonds is 4. The fourth-order valence-electron chi connectivity index (χ4n) is 2.16. The third-order valence-corrected chi connectivity index (χ3v) is 3.36. The van der Waals surface area contributed by atoms with Crippen molar-refractivity contribution in [1.82, 2.24) is 0 Å². The van der Waals surface area contributed by atoms with Crippen molar-refractivity contribution in [2.75, 3.05) is 0 Å². The molecule has 1 heteroatoms. The fraction of sp³-hybridized carbons (Fsp3) is 0.750. The SMILES string of the molecule is CCCCC(OC#CC1CCCCC1)=C(C)C. The molecule has 1 saturated carbocycles. The van der Waals surface area contributed by atoms with Crippen LogP contribution in [0.4, 0.5) is 0 Å². The van der Waals surface area contributed by atoms with Crippen LogP contribution in [0.2, 0.25) is 0 Å².